The number of rotatable bonds is 3. The summed E-state index contributed by atoms with van der Waals surface area (Å²) in [4.78, 5) is 14.8. The number of likely N-dealkylation sites (tertiary alicyclic amines) is 1. The number of hydrogen-bond acceptors (Lipinski definition) is 2. The molecule has 0 aliphatic carbocycles. The summed E-state index contributed by atoms with van der Waals surface area (Å²) in [7, 11) is 0. The number of carbonyl (C=O) groups is 1. The number of nitrogens with zero attached hydrogens (tertiary/aromatic N) is 1. The predicted octanol–water partition coefficient (Wildman–Crippen LogP) is 3.03. The Balaban J connectivity index is 1.65. The average molecular weight is 300 g/mol. The van der Waals surface area contributed by atoms with Gasteiger partial charge in [-0.25, -0.2) is 0 Å². The Morgan fingerprint density at radius 1 is 1.23 bits per heavy atom. The van der Waals surface area contributed by atoms with Crippen molar-refractivity contribution in [1.82, 2.24) is 10.2 Å². The number of amides is 1. The van der Waals surface area contributed by atoms with Crippen molar-refractivity contribution in [2.45, 2.75) is 39.0 Å². The lowest BCUT2D eigenvalue weighted by Crippen LogP contribution is -2.34. The second-order valence-electron chi connectivity index (χ2n) is 7.62. The van der Waals surface area contributed by atoms with Crippen molar-refractivity contribution in [3.05, 3.63) is 35.9 Å². The second kappa shape index (κ2) is 6.41. The van der Waals surface area contributed by atoms with Crippen LogP contribution in [0.1, 0.15) is 44.6 Å². The third-order valence-electron chi connectivity index (χ3n) is 5.42. The van der Waals surface area contributed by atoms with Gasteiger partial charge in [0.1, 0.15) is 0 Å². The molecule has 1 aromatic carbocycles. The van der Waals surface area contributed by atoms with Gasteiger partial charge >= 0.3 is 0 Å². The fourth-order valence-electron chi connectivity index (χ4n) is 4.03. The van der Waals surface area contributed by atoms with Crippen LogP contribution in [0.25, 0.3) is 0 Å². The smallest absolute Gasteiger partial charge is 0.222 e. The van der Waals surface area contributed by atoms with E-state index in [1.165, 1.54) is 5.56 Å². The van der Waals surface area contributed by atoms with Crippen LogP contribution in [0.2, 0.25) is 0 Å². The Hall–Kier alpha value is -1.35. The number of hydrogen-bond donors (Lipinski definition) is 1. The van der Waals surface area contributed by atoms with E-state index in [0.29, 0.717) is 17.7 Å². The van der Waals surface area contributed by atoms with Gasteiger partial charge in [-0.05, 0) is 42.8 Å². The van der Waals surface area contributed by atoms with Crippen molar-refractivity contribution in [2.24, 2.45) is 11.3 Å². The van der Waals surface area contributed by atoms with E-state index in [0.717, 1.165) is 45.4 Å². The van der Waals surface area contributed by atoms with Crippen molar-refractivity contribution in [1.29, 1.82) is 0 Å². The fourth-order valence-corrected chi connectivity index (χ4v) is 4.03. The van der Waals surface area contributed by atoms with Gasteiger partial charge < -0.3 is 10.2 Å². The molecule has 0 radical (unpaired) electrons. The third-order valence-corrected chi connectivity index (χ3v) is 5.42. The lowest BCUT2D eigenvalue weighted by atomic mass is 9.78. The van der Waals surface area contributed by atoms with Gasteiger partial charge in [0.15, 0.2) is 0 Å². The topological polar surface area (TPSA) is 32.3 Å². The standard InChI is InChI=1S/C19H28N2O/c1-19(2)14-21(13-17(19)16-6-4-3-5-7-16)18(22)12-15-8-10-20-11-9-15/h3-7,15,17,20H,8-14H2,1-2H3/t17-/m0/s1. The first-order valence-corrected chi connectivity index (χ1v) is 8.60. The van der Waals surface area contributed by atoms with Gasteiger partial charge in [0, 0.05) is 25.4 Å². The molecular formula is C19H28N2O. The number of nitrogens with one attached hydrogen (secondary N) is 1. The van der Waals surface area contributed by atoms with Crippen LogP contribution in [0, 0.1) is 11.3 Å². The summed E-state index contributed by atoms with van der Waals surface area (Å²) in [6.07, 6.45) is 3.02. The molecule has 22 heavy (non-hydrogen) atoms. The Kier molecular flexibility index (Phi) is 4.53. The normalized spacial score (nSPS) is 25.4. The van der Waals surface area contributed by atoms with Gasteiger partial charge in [0.05, 0.1) is 0 Å². The average Bonchev–Trinajstić information content (AvgIpc) is 2.85. The molecule has 3 heteroatoms. The Labute approximate surface area is 134 Å². The van der Waals surface area contributed by atoms with Crippen LogP contribution in [-0.4, -0.2) is 37.0 Å². The van der Waals surface area contributed by atoms with Crippen LogP contribution in [-0.2, 0) is 4.79 Å². The molecule has 2 heterocycles. The Morgan fingerprint density at radius 2 is 1.91 bits per heavy atom. The first-order chi connectivity index (χ1) is 10.6. The van der Waals surface area contributed by atoms with E-state index in [1.54, 1.807) is 0 Å². The highest BCUT2D eigenvalue weighted by Crippen LogP contribution is 2.42. The third kappa shape index (κ3) is 3.35. The van der Waals surface area contributed by atoms with Crippen LogP contribution >= 0.6 is 0 Å². The zero-order chi connectivity index (χ0) is 15.6. The zero-order valence-corrected chi connectivity index (χ0v) is 13.8. The minimum absolute atomic E-state index is 0.158. The van der Waals surface area contributed by atoms with E-state index < -0.39 is 0 Å². The summed E-state index contributed by atoms with van der Waals surface area (Å²) in [5.74, 6) is 1.39. The van der Waals surface area contributed by atoms with E-state index in [9.17, 15) is 4.79 Å². The highest BCUT2D eigenvalue weighted by atomic mass is 16.2. The van der Waals surface area contributed by atoms with E-state index in [1.807, 2.05) is 0 Å². The fraction of sp³-hybridized carbons (Fsp3) is 0.632. The van der Waals surface area contributed by atoms with Gasteiger partial charge in [-0.15, -0.1) is 0 Å². The maximum atomic E-state index is 12.7. The molecule has 0 aromatic heterocycles. The van der Waals surface area contributed by atoms with Crippen molar-refractivity contribution in [2.75, 3.05) is 26.2 Å². The maximum Gasteiger partial charge on any atom is 0.222 e. The maximum absolute atomic E-state index is 12.7. The second-order valence-corrected chi connectivity index (χ2v) is 7.62. The predicted molar refractivity (Wildman–Crippen MR) is 89.8 cm³/mol. The van der Waals surface area contributed by atoms with Gasteiger partial charge in [-0.1, -0.05) is 44.2 Å². The minimum atomic E-state index is 0.158. The van der Waals surface area contributed by atoms with Gasteiger partial charge in [-0.3, -0.25) is 4.79 Å². The van der Waals surface area contributed by atoms with Gasteiger partial charge in [0.25, 0.3) is 0 Å². The van der Waals surface area contributed by atoms with Crippen molar-refractivity contribution >= 4 is 5.91 Å². The zero-order valence-electron chi connectivity index (χ0n) is 13.8. The molecular weight excluding hydrogens is 272 g/mol. The first kappa shape index (κ1) is 15.5. The summed E-state index contributed by atoms with van der Waals surface area (Å²) in [6, 6.07) is 10.7. The van der Waals surface area contributed by atoms with E-state index >= 15 is 0 Å². The molecule has 1 aromatic rings. The molecule has 3 nitrogen and oxygen atoms in total. The van der Waals surface area contributed by atoms with E-state index in [2.05, 4.69) is 54.4 Å². The van der Waals surface area contributed by atoms with E-state index in [-0.39, 0.29) is 5.41 Å². The molecule has 120 valence electrons. The number of piperidine rings is 1. The summed E-state index contributed by atoms with van der Waals surface area (Å²) in [5.41, 5.74) is 1.52. The number of carbonyl (C=O) groups excluding carboxylic acids is 1. The van der Waals surface area contributed by atoms with Crippen molar-refractivity contribution < 1.29 is 4.79 Å². The summed E-state index contributed by atoms with van der Waals surface area (Å²) >= 11 is 0. The molecule has 1 amide bonds. The molecule has 3 rings (SSSR count). The highest BCUT2D eigenvalue weighted by molar-refractivity contribution is 5.77. The van der Waals surface area contributed by atoms with Crippen LogP contribution < -0.4 is 5.32 Å². The molecule has 0 unspecified atom stereocenters. The number of benzene rings is 1. The molecule has 1 N–H and O–H groups in total. The van der Waals surface area contributed by atoms with E-state index in [4.69, 9.17) is 0 Å². The van der Waals surface area contributed by atoms with Crippen LogP contribution in [0.3, 0.4) is 0 Å². The summed E-state index contributed by atoms with van der Waals surface area (Å²) in [6.45, 7) is 8.48. The SMILES string of the molecule is CC1(C)CN(C(=O)CC2CCNCC2)C[C@H]1c1ccccc1. The van der Waals surface area contributed by atoms with Crippen LogP contribution in [0.5, 0.6) is 0 Å². The molecule has 1 atom stereocenters. The first-order valence-electron chi connectivity index (χ1n) is 8.60. The molecule has 2 fully saturated rings. The van der Waals surface area contributed by atoms with Gasteiger partial charge in [-0.2, -0.15) is 0 Å². The highest BCUT2D eigenvalue weighted by Gasteiger charge is 2.42. The lowest BCUT2D eigenvalue weighted by Gasteiger charge is -2.26. The monoisotopic (exact) mass is 300 g/mol. The summed E-state index contributed by atoms with van der Waals surface area (Å²) < 4.78 is 0. The summed E-state index contributed by atoms with van der Waals surface area (Å²) in [5, 5.41) is 3.37. The Morgan fingerprint density at radius 3 is 2.59 bits per heavy atom. The molecule has 0 bridgehead atoms. The quantitative estimate of drug-likeness (QED) is 0.930. The molecule has 2 saturated heterocycles. The van der Waals surface area contributed by atoms with Crippen LogP contribution in [0.15, 0.2) is 30.3 Å². The largest absolute Gasteiger partial charge is 0.341 e. The molecule has 2 aliphatic rings. The van der Waals surface area contributed by atoms with Gasteiger partial charge in [0.2, 0.25) is 5.91 Å². The van der Waals surface area contributed by atoms with Crippen LogP contribution in [0.4, 0.5) is 0 Å². The Bertz CT molecular complexity index is 505. The lowest BCUT2D eigenvalue weighted by molar-refractivity contribution is -0.131. The minimum Gasteiger partial charge on any atom is -0.341 e. The van der Waals surface area contributed by atoms with Crippen molar-refractivity contribution in [3.63, 3.8) is 0 Å². The van der Waals surface area contributed by atoms with Crippen molar-refractivity contribution in [3.8, 4) is 0 Å². The molecule has 2 aliphatic heterocycles. The molecule has 0 saturated carbocycles. The molecule has 0 spiro atoms.